The molecule has 0 aliphatic heterocycles. The second kappa shape index (κ2) is 6.52. The van der Waals surface area contributed by atoms with Crippen LogP contribution >= 0.6 is 0 Å². The van der Waals surface area contributed by atoms with Crippen LogP contribution in [0.2, 0.25) is 0 Å². The Morgan fingerprint density at radius 3 is 1.78 bits per heavy atom. The first-order valence-corrected chi connectivity index (χ1v) is 2.04. The van der Waals surface area contributed by atoms with Gasteiger partial charge in [-0.15, -0.1) is 0 Å². The van der Waals surface area contributed by atoms with E-state index in [9.17, 15) is 4.79 Å². The van der Waals surface area contributed by atoms with Crippen molar-refractivity contribution in [3.8, 4) is 0 Å². The fourth-order valence-electron chi connectivity index (χ4n) is 0. The molecule has 0 aromatic carbocycles. The van der Waals surface area contributed by atoms with Crippen molar-refractivity contribution in [2.45, 2.75) is 6.92 Å². The quantitative estimate of drug-likeness (QED) is 0.262. The fraction of sp³-hybridized carbons (Fsp3) is 0.250. The van der Waals surface area contributed by atoms with Crippen LogP contribution in [0.15, 0.2) is 12.2 Å². The Labute approximate surface area is 52.6 Å². The van der Waals surface area contributed by atoms with Crippen molar-refractivity contribution in [3.63, 3.8) is 0 Å². The third-order valence-electron chi connectivity index (χ3n) is 0.421. The van der Waals surface area contributed by atoms with Crippen molar-refractivity contribution in [2.24, 2.45) is 5.73 Å². The van der Waals surface area contributed by atoms with Gasteiger partial charge < -0.3 is 5.73 Å². The van der Waals surface area contributed by atoms with E-state index in [1.165, 1.54) is 0 Å². The van der Waals surface area contributed by atoms with E-state index in [0.717, 1.165) is 0 Å². The summed E-state index contributed by atoms with van der Waals surface area (Å²) in [6, 6.07) is 0. The van der Waals surface area contributed by atoms with Crippen molar-refractivity contribution >= 4 is 5.91 Å². The molecule has 5 nitrogen and oxygen atoms in total. The highest BCUT2D eigenvalue weighted by Gasteiger charge is 1.86. The molecule has 0 saturated heterocycles. The lowest BCUT2D eigenvalue weighted by molar-refractivity contribution is -0.114. The van der Waals surface area contributed by atoms with Crippen molar-refractivity contribution in [2.75, 3.05) is 0 Å². The minimum absolute atomic E-state index is 0.398. The zero-order chi connectivity index (χ0) is 7.86. The molecule has 0 aliphatic carbocycles. The molecule has 0 aliphatic rings. The molecule has 0 rings (SSSR count). The van der Waals surface area contributed by atoms with E-state index in [4.69, 9.17) is 16.8 Å². The summed E-state index contributed by atoms with van der Waals surface area (Å²) in [6.45, 7) is 4.85. The van der Waals surface area contributed by atoms with Gasteiger partial charge in [0.1, 0.15) is 11.1 Å². The van der Waals surface area contributed by atoms with Crippen LogP contribution in [-0.4, -0.2) is 5.91 Å². The summed E-state index contributed by atoms with van der Waals surface area (Å²) in [7, 11) is 0. The molecule has 5 heteroatoms. The van der Waals surface area contributed by atoms with Gasteiger partial charge in [0.2, 0.25) is 10.8 Å². The molecule has 0 fully saturated rings. The standard InChI is InChI=1S/C4H7NO.H2N3/c1-3(2)4(5)6;1-3-2/h1H2,2H3,(H2,5,6);1-2H/q;+1. The number of carbonyl (C=O) groups is 1. The van der Waals surface area contributed by atoms with Gasteiger partial charge in [0.05, 0.1) is 0 Å². The minimum Gasteiger partial charge on any atom is -0.366 e. The van der Waals surface area contributed by atoms with Crippen molar-refractivity contribution in [1.82, 2.24) is 4.91 Å². The average Bonchev–Trinajstić information content (AvgIpc) is 1.68. The van der Waals surface area contributed by atoms with Crippen LogP contribution in [0.1, 0.15) is 6.92 Å². The number of nitrogens with zero attached hydrogens (tertiary/aromatic N) is 1. The van der Waals surface area contributed by atoms with E-state index in [-0.39, 0.29) is 0 Å². The lowest BCUT2D eigenvalue weighted by Crippen LogP contribution is -2.10. The molecular weight excluding hydrogens is 120 g/mol. The second-order valence-electron chi connectivity index (χ2n) is 1.26. The van der Waals surface area contributed by atoms with Crippen LogP contribution in [0.3, 0.4) is 0 Å². The molecule has 50 valence electrons. The first-order chi connectivity index (χ1) is 4.06. The Bertz CT molecular complexity index is 133. The summed E-state index contributed by atoms with van der Waals surface area (Å²) in [5.41, 5.74) is 16.1. The highest BCUT2D eigenvalue weighted by atomic mass is 16.1. The molecular formula is C4H9N4O+. The molecule has 0 saturated carbocycles. The van der Waals surface area contributed by atoms with Gasteiger partial charge in [-0.3, -0.25) is 4.79 Å². The molecule has 0 aromatic heterocycles. The molecule has 0 unspecified atom stereocenters. The Hall–Kier alpha value is -1.48. The van der Waals surface area contributed by atoms with E-state index in [1.807, 2.05) is 4.91 Å². The highest BCUT2D eigenvalue weighted by Crippen LogP contribution is 1.78. The van der Waals surface area contributed by atoms with Gasteiger partial charge in [-0.25, -0.2) is 0 Å². The maximum Gasteiger partial charge on any atom is 0.243 e. The molecule has 0 heterocycles. The van der Waals surface area contributed by atoms with Crippen LogP contribution in [0.4, 0.5) is 0 Å². The number of hydrogen-bond donors (Lipinski definition) is 3. The van der Waals surface area contributed by atoms with Crippen LogP contribution < -0.4 is 10.6 Å². The summed E-state index contributed by atoms with van der Waals surface area (Å²) in [4.78, 5) is 11.8. The van der Waals surface area contributed by atoms with Gasteiger partial charge in [-0.05, 0) is 6.92 Å². The highest BCUT2D eigenvalue weighted by molar-refractivity contribution is 5.90. The largest absolute Gasteiger partial charge is 0.366 e. The number of nitrogens with two attached hydrogens (primary N) is 1. The normalized spacial score (nSPS) is 5.89. The lowest BCUT2D eigenvalue weighted by atomic mass is 10.3. The number of amides is 1. The Kier molecular flexibility index (Phi) is 7.60. The van der Waals surface area contributed by atoms with Crippen LogP contribution in [0.5, 0.6) is 0 Å². The topological polar surface area (TPSA) is 105 Å². The number of rotatable bonds is 1. The van der Waals surface area contributed by atoms with E-state index in [2.05, 4.69) is 6.58 Å². The van der Waals surface area contributed by atoms with Gasteiger partial charge in [0, 0.05) is 5.57 Å². The van der Waals surface area contributed by atoms with E-state index < -0.39 is 5.91 Å². The number of primary amides is 1. The zero-order valence-corrected chi connectivity index (χ0v) is 5.14. The predicted octanol–water partition coefficient (Wildman–Crippen LogP) is 0.163. The summed E-state index contributed by atoms with van der Waals surface area (Å²) in [6.07, 6.45) is 0. The van der Waals surface area contributed by atoms with Crippen molar-refractivity contribution in [3.05, 3.63) is 12.2 Å². The summed E-state index contributed by atoms with van der Waals surface area (Å²) >= 11 is 0. The minimum atomic E-state index is -0.435. The third-order valence-corrected chi connectivity index (χ3v) is 0.421. The van der Waals surface area contributed by atoms with E-state index in [0.29, 0.717) is 5.57 Å². The smallest absolute Gasteiger partial charge is 0.243 e. The second-order valence-corrected chi connectivity index (χ2v) is 1.26. The third kappa shape index (κ3) is 21.0. The van der Waals surface area contributed by atoms with Crippen molar-refractivity contribution in [1.29, 1.82) is 11.1 Å². The van der Waals surface area contributed by atoms with Gasteiger partial charge in [0.15, 0.2) is 0 Å². The molecule has 4 N–H and O–H groups in total. The van der Waals surface area contributed by atoms with Crippen LogP contribution in [0, 0.1) is 11.1 Å². The van der Waals surface area contributed by atoms with E-state index >= 15 is 0 Å². The maximum absolute atomic E-state index is 9.82. The summed E-state index contributed by atoms with van der Waals surface area (Å²) in [5, 5.41) is 0. The molecule has 0 aromatic rings. The molecule has 9 heavy (non-hydrogen) atoms. The predicted molar refractivity (Wildman–Crippen MR) is 31.6 cm³/mol. The maximum atomic E-state index is 9.82. The first kappa shape index (κ1) is 10.5. The average molecular weight is 129 g/mol. The number of carbonyl (C=O) groups excluding carboxylic acids is 1. The van der Waals surface area contributed by atoms with E-state index in [1.54, 1.807) is 6.92 Å². The van der Waals surface area contributed by atoms with Gasteiger partial charge >= 0.3 is 0 Å². The fourth-order valence-corrected chi connectivity index (χ4v) is 0. The van der Waals surface area contributed by atoms with Gasteiger partial charge in [-0.2, -0.15) is 0 Å². The molecule has 0 spiro atoms. The Morgan fingerprint density at radius 1 is 1.67 bits per heavy atom. The Morgan fingerprint density at radius 2 is 1.78 bits per heavy atom. The number of nitrogens with one attached hydrogen (secondary N) is 2. The first-order valence-electron chi connectivity index (χ1n) is 2.04. The van der Waals surface area contributed by atoms with Crippen molar-refractivity contribution < 1.29 is 4.79 Å². The Balaban J connectivity index is 0. The monoisotopic (exact) mass is 129 g/mol. The molecule has 0 atom stereocenters. The molecule has 0 radical (unpaired) electrons. The van der Waals surface area contributed by atoms with Gasteiger partial charge in [0.25, 0.3) is 0 Å². The number of hydrogen-bond acceptors (Lipinski definition) is 3. The van der Waals surface area contributed by atoms with Gasteiger partial charge in [-0.1, -0.05) is 6.58 Å². The lowest BCUT2D eigenvalue weighted by Gasteiger charge is -1.81. The molecule has 0 bridgehead atoms. The summed E-state index contributed by atoms with van der Waals surface area (Å²) in [5.74, 6) is -0.435. The summed E-state index contributed by atoms with van der Waals surface area (Å²) < 4.78 is 0. The SMILES string of the molecule is C=C(C)C(N)=O.N=[N+]=N. The van der Waals surface area contributed by atoms with Crippen LogP contribution in [-0.2, 0) is 4.79 Å². The molecule has 1 amide bonds. The van der Waals surface area contributed by atoms with Crippen LogP contribution in [0.25, 0.3) is 0 Å². The zero-order valence-electron chi connectivity index (χ0n) is 5.14.